The van der Waals surface area contributed by atoms with Gasteiger partial charge in [0.25, 0.3) is 0 Å². The Balaban J connectivity index is 2.42. The van der Waals surface area contributed by atoms with Crippen LogP contribution in [0.25, 0.3) is 0 Å². The number of carbonyl (C=O) groups is 2. The van der Waals surface area contributed by atoms with Gasteiger partial charge in [-0.1, -0.05) is 22.0 Å². The summed E-state index contributed by atoms with van der Waals surface area (Å²) >= 11 is 3.43. The zero-order valence-corrected chi connectivity index (χ0v) is 14.1. The van der Waals surface area contributed by atoms with Gasteiger partial charge in [-0.05, 0) is 31.5 Å². The van der Waals surface area contributed by atoms with Crippen LogP contribution >= 0.6 is 15.9 Å². The van der Waals surface area contributed by atoms with E-state index in [1.165, 1.54) is 7.11 Å². The minimum atomic E-state index is -0.361. The van der Waals surface area contributed by atoms with Gasteiger partial charge in [0.2, 0.25) is 5.91 Å². The second kappa shape index (κ2) is 8.79. The van der Waals surface area contributed by atoms with Crippen LogP contribution in [-0.4, -0.2) is 31.6 Å². The van der Waals surface area contributed by atoms with E-state index in [1.54, 1.807) is 12.1 Å². The summed E-state index contributed by atoms with van der Waals surface area (Å²) in [5.74, 6) is -0.321. The first-order valence-electron chi connectivity index (χ1n) is 6.81. The number of amides is 1. The van der Waals surface area contributed by atoms with Gasteiger partial charge in [-0.3, -0.25) is 4.79 Å². The van der Waals surface area contributed by atoms with E-state index in [-0.39, 0.29) is 17.9 Å². The van der Waals surface area contributed by atoms with E-state index in [9.17, 15) is 9.59 Å². The van der Waals surface area contributed by atoms with E-state index in [0.29, 0.717) is 25.1 Å². The first-order chi connectivity index (χ1) is 9.93. The van der Waals surface area contributed by atoms with Crippen LogP contribution in [0.5, 0.6) is 0 Å². The van der Waals surface area contributed by atoms with E-state index in [1.807, 2.05) is 19.9 Å². The molecule has 0 atom stereocenters. The Morgan fingerprint density at radius 3 is 2.62 bits per heavy atom. The molecule has 1 aromatic carbocycles. The molecule has 0 saturated heterocycles. The molecule has 0 heterocycles. The number of halogens is 1. The van der Waals surface area contributed by atoms with Crippen LogP contribution in [0.15, 0.2) is 22.7 Å². The minimum Gasteiger partial charge on any atom is -0.465 e. The summed E-state index contributed by atoms with van der Waals surface area (Å²) in [6.07, 6.45) is 0.441. The molecule has 5 nitrogen and oxygen atoms in total. The Labute approximate surface area is 133 Å². The Hall–Kier alpha value is -1.40. The van der Waals surface area contributed by atoms with E-state index in [4.69, 9.17) is 0 Å². The van der Waals surface area contributed by atoms with E-state index in [2.05, 4.69) is 31.3 Å². The third-order valence-electron chi connectivity index (χ3n) is 2.77. The fourth-order valence-corrected chi connectivity index (χ4v) is 2.27. The molecular weight excluding hydrogens is 336 g/mol. The summed E-state index contributed by atoms with van der Waals surface area (Å²) in [5, 5.41) is 6.04. The lowest BCUT2D eigenvalue weighted by atomic mass is 10.1. The van der Waals surface area contributed by atoms with Crippen molar-refractivity contribution in [2.45, 2.75) is 32.9 Å². The Morgan fingerprint density at radius 1 is 1.33 bits per heavy atom. The summed E-state index contributed by atoms with van der Waals surface area (Å²) in [6.45, 7) is 5.09. The lowest BCUT2D eigenvalue weighted by molar-refractivity contribution is -0.121. The minimum absolute atomic E-state index is 0.0394. The molecule has 1 amide bonds. The summed E-state index contributed by atoms with van der Waals surface area (Å²) < 4.78 is 5.51. The SMILES string of the molecule is COC(=O)c1ccc(CNCCC(=O)NC(C)C)c(Br)c1. The molecule has 0 aliphatic carbocycles. The van der Waals surface area contributed by atoms with Crippen LogP contribution in [0.3, 0.4) is 0 Å². The van der Waals surface area contributed by atoms with Gasteiger partial charge in [-0.2, -0.15) is 0 Å². The van der Waals surface area contributed by atoms with Crippen molar-refractivity contribution in [2.75, 3.05) is 13.7 Å². The van der Waals surface area contributed by atoms with Crippen LogP contribution in [0.2, 0.25) is 0 Å². The summed E-state index contributed by atoms with van der Waals surface area (Å²) in [6, 6.07) is 5.47. The summed E-state index contributed by atoms with van der Waals surface area (Å²) in [4.78, 5) is 22.9. The molecule has 0 saturated carbocycles. The maximum Gasteiger partial charge on any atom is 0.337 e. The zero-order valence-electron chi connectivity index (χ0n) is 12.5. The van der Waals surface area contributed by atoms with Gasteiger partial charge >= 0.3 is 5.97 Å². The highest BCUT2D eigenvalue weighted by Crippen LogP contribution is 2.19. The fourth-order valence-electron chi connectivity index (χ4n) is 1.75. The molecule has 0 aliphatic heterocycles. The van der Waals surface area contributed by atoms with Gasteiger partial charge in [0, 0.05) is 30.0 Å². The van der Waals surface area contributed by atoms with Gasteiger partial charge in [0.15, 0.2) is 0 Å². The second-order valence-corrected chi connectivity index (χ2v) is 5.80. The highest BCUT2D eigenvalue weighted by molar-refractivity contribution is 9.10. The van der Waals surface area contributed by atoms with Gasteiger partial charge in [-0.15, -0.1) is 0 Å². The lowest BCUT2D eigenvalue weighted by Crippen LogP contribution is -2.32. The average molecular weight is 357 g/mol. The Kier molecular flexibility index (Phi) is 7.39. The van der Waals surface area contributed by atoms with Crippen LogP contribution in [0, 0.1) is 0 Å². The molecule has 0 fully saturated rings. The van der Waals surface area contributed by atoms with Crippen molar-refractivity contribution in [1.82, 2.24) is 10.6 Å². The van der Waals surface area contributed by atoms with E-state index >= 15 is 0 Å². The molecule has 1 rings (SSSR count). The molecule has 6 heteroatoms. The molecule has 0 spiro atoms. The smallest absolute Gasteiger partial charge is 0.337 e. The van der Waals surface area contributed by atoms with Crippen molar-refractivity contribution in [3.05, 3.63) is 33.8 Å². The number of carbonyl (C=O) groups excluding carboxylic acids is 2. The van der Waals surface area contributed by atoms with Crippen LogP contribution < -0.4 is 10.6 Å². The normalized spacial score (nSPS) is 10.5. The third kappa shape index (κ3) is 6.27. The largest absolute Gasteiger partial charge is 0.465 e. The Morgan fingerprint density at radius 2 is 2.05 bits per heavy atom. The maximum absolute atomic E-state index is 11.5. The summed E-state index contributed by atoms with van der Waals surface area (Å²) in [7, 11) is 1.36. The van der Waals surface area contributed by atoms with Gasteiger partial charge < -0.3 is 15.4 Å². The molecule has 0 bridgehead atoms. The first kappa shape index (κ1) is 17.7. The number of hydrogen-bond donors (Lipinski definition) is 2. The van der Waals surface area contributed by atoms with Crippen LogP contribution in [0.1, 0.15) is 36.2 Å². The lowest BCUT2D eigenvalue weighted by Gasteiger charge is -2.10. The molecule has 0 aliphatic rings. The van der Waals surface area contributed by atoms with Crippen molar-refractivity contribution in [2.24, 2.45) is 0 Å². The number of methoxy groups -OCH3 is 1. The molecule has 21 heavy (non-hydrogen) atoms. The predicted octanol–water partition coefficient (Wildman–Crippen LogP) is 2.24. The number of nitrogens with one attached hydrogen (secondary N) is 2. The number of esters is 1. The molecule has 2 N–H and O–H groups in total. The Bertz CT molecular complexity index is 504. The van der Waals surface area contributed by atoms with E-state index < -0.39 is 0 Å². The fraction of sp³-hybridized carbons (Fsp3) is 0.467. The van der Waals surface area contributed by atoms with Crippen LogP contribution in [0.4, 0.5) is 0 Å². The highest BCUT2D eigenvalue weighted by atomic mass is 79.9. The standard InChI is InChI=1S/C15H21BrN2O3/c1-10(2)18-14(19)6-7-17-9-12-5-4-11(8-13(12)16)15(20)21-3/h4-5,8,10,17H,6-7,9H2,1-3H3,(H,18,19). The predicted molar refractivity (Wildman–Crippen MR) is 85.1 cm³/mol. The number of ether oxygens (including phenoxy) is 1. The van der Waals surface area contributed by atoms with Gasteiger partial charge in [0.05, 0.1) is 12.7 Å². The van der Waals surface area contributed by atoms with Gasteiger partial charge in [0.1, 0.15) is 0 Å². The van der Waals surface area contributed by atoms with Crippen molar-refractivity contribution < 1.29 is 14.3 Å². The third-order valence-corrected chi connectivity index (χ3v) is 3.51. The topological polar surface area (TPSA) is 67.4 Å². The van der Waals surface area contributed by atoms with Crippen molar-refractivity contribution in [3.63, 3.8) is 0 Å². The zero-order chi connectivity index (χ0) is 15.8. The first-order valence-corrected chi connectivity index (χ1v) is 7.60. The van der Waals surface area contributed by atoms with Crippen molar-refractivity contribution in [3.8, 4) is 0 Å². The van der Waals surface area contributed by atoms with E-state index in [0.717, 1.165) is 10.0 Å². The average Bonchev–Trinajstić information content (AvgIpc) is 2.43. The quantitative estimate of drug-likeness (QED) is 0.580. The van der Waals surface area contributed by atoms with Crippen LogP contribution in [-0.2, 0) is 16.1 Å². The van der Waals surface area contributed by atoms with Crippen molar-refractivity contribution in [1.29, 1.82) is 0 Å². The van der Waals surface area contributed by atoms with Crippen molar-refractivity contribution >= 4 is 27.8 Å². The number of hydrogen-bond acceptors (Lipinski definition) is 4. The number of benzene rings is 1. The molecule has 1 aromatic rings. The maximum atomic E-state index is 11.5. The summed E-state index contributed by atoms with van der Waals surface area (Å²) in [5.41, 5.74) is 1.52. The molecule has 0 unspecified atom stereocenters. The number of rotatable bonds is 7. The molecule has 116 valence electrons. The molecular formula is C15H21BrN2O3. The monoisotopic (exact) mass is 356 g/mol. The molecule has 0 radical (unpaired) electrons. The highest BCUT2D eigenvalue weighted by Gasteiger charge is 2.08. The second-order valence-electron chi connectivity index (χ2n) is 4.95. The van der Waals surface area contributed by atoms with Gasteiger partial charge in [-0.25, -0.2) is 4.79 Å². The molecule has 0 aromatic heterocycles.